The summed E-state index contributed by atoms with van der Waals surface area (Å²) >= 11 is 1.82. The van der Waals surface area contributed by atoms with Gasteiger partial charge in [-0.05, 0) is 60.9 Å². The molecule has 114 valence electrons. The van der Waals surface area contributed by atoms with Gasteiger partial charge in [-0.2, -0.15) is 0 Å². The minimum absolute atomic E-state index is 0.357. The van der Waals surface area contributed by atoms with Gasteiger partial charge < -0.3 is 4.74 Å². The molecule has 1 aromatic carbocycles. The van der Waals surface area contributed by atoms with Crippen LogP contribution in [0.5, 0.6) is 0 Å². The van der Waals surface area contributed by atoms with E-state index in [0.717, 1.165) is 25.4 Å². The lowest BCUT2D eigenvalue weighted by atomic mass is 9.77. The maximum atomic E-state index is 5.78. The van der Waals surface area contributed by atoms with Gasteiger partial charge >= 0.3 is 0 Å². The van der Waals surface area contributed by atoms with Gasteiger partial charge in [0.25, 0.3) is 0 Å². The van der Waals surface area contributed by atoms with Crippen molar-refractivity contribution >= 4 is 21.4 Å². The van der Waals surface area contributed by atoms with Gasteiger partial charge in [0, 0.05) is 17.3 Å². The van der Waals surface area contributed by atoms with Gasteiger partial charge in [-0.15, -0.1) is 11.3 Å². The molecule has 1 unspecified atom stereocenters. The van der Waals surface area contributed by atoms with Gasteiger partial charge in [0.1, 0.15) is 0 Å². The van der Waals surface area contributed by atoms with E-state index in [-0.39, 0.29) is 0 Å². The molecule has 1 heterocycles. The molecule has 1 atom stereocenters. The second kappa shape index (κ2) is 6.88. The Bertz CT molecular complexity index is 577. The number of rotatable bonds is 7. The maximum Gasteiger partial charge on any atom is 0.0580 e. The molecule has 0 amide bonds. The van der Waals surface area contributed by atoms with Gasteiger partial charge in [0.15, 0.2) is 0 Å². The van der Waals surface area contributed by atoms with Crippen LogP contribution in [0.15, 0.2) is 29.6 Å². The Morgan fingerprint density at radius 3 is 2.95 bits per heavy atom. The largest absolute Gasteiger partial charge is 0.378 e. The molecule has 1 aromatic heterocycles. The van der Waals surface area contributed by atoms with Crippen molar-refractivity contribution in [2.45, 2.75) is 44.8 Å². The average molecular weight is 304 g/mol. The SMILES string of the molecule is CCOC1CC(CC(Cc2csc3ccccc23)NN)C1. The van der Waals surface area contributed by atoms with Crippen LogP contribution in [0.1, 0.15) is 31.7 Å². The number of hydrazine groups is 1. The summed E-state index contributed by atoms with van der Waals surface area (Å²) < 4.78 is 7.00. The number of fused-ring (bicyclic) bond motifs is 1. The summed E-state index contributed by atoms with van der Waals surface area (Å²) in [6.45, 7) is 2.90. The first-order chi connectivity index (χ1) is 10.3. The molecule has 2 aromatic rings. The highest BCUT2D eigenvalue weighted by atomic mass is 32.1. The Morgan fingerprint density at radius 2 is 2.19 bits per heavy atom. The van der Waals surface area contributed by atoms with Gasteiger partial charge in [0.05, 0.1) is 6.10 Å². The van der Waals surface area contributed by atoms with Gasteiger partial charge in [-0.1, -0.05) is 18.2 Å². The molecule has 21 heavy (non-hydrogen) atoms. The highest BCUT2D eigenvalue weighted by Gasteiger charge is 2.31. The molecule has 0 saturated heterocycles. The Morgan fingerprint density at radius 1 is 1.38 bits per heavy atom. The minimum Gasteiger partial charge on any atom is -0.378 e. The Hall–Kier alpha value is -0.940. The predicted octanol–water partition coefficient (Wildman–Crippen LogP) is 3.48. The van der Waals surface area contributed by atoms with Gasteiger partial charge in [0.2, 0.25) is 0 Å². The fraction of sp³-hybridized carbons (Fsp3) is 0.529. The van der Waals surface area contributed by atoms with E-state index < -0.39 is 0 Å². The van der Waals surface area contributed by atoms with E-state index >= 15 is 0 Å². The first-order valence-electron chi connectivity index (χ1n) is 7.83. The number of benzene rings is 1. The zero-order valence-electron chi connectivity index (χ0n) is 12.5. The van der Waals surface area contributed by atoms with Crippen molar-refractivity contribution in [3.63, 3.8) is 0 Å². The molecule has 3 nitrogen and oxygen atoms in total. The molecule has 0 spiro atoms. The van der Waals surface area contributed by atoms with Crippen molar-refractivity contribution in [1.82, 2.24) is 5.43 Å². The number of ether oxygens (including phenoxy) is 1. The number of hydrogen-bond donors (Lipinski definition) is 2. The fourth-order valence-corrected chi connectivity index (χ4v) is 4.28. The Labute approximate surface area is 130 Å². The van der Waals surface area contributed by atoms with Crippen molar-refractivity contribution in [3.8, 4) is 0 Å². The third kappa shape index (κ3) is 3.46. The van der Waals surface area contributed by atoms with E-state index in [0.29, 0.717) is 12.1 Å². The first-order valence-corrected chi connectivity index (χ1v) is 8.71. The minimum atomic E-state index is 0.357. The molecule has 0 aliphatic heterocycles. The molecule has 4 heteroatoms. The van der Waals surface area contributed by atoms with E-state index in [1.807, 2.05) is 11.3 Å². The molecule has 1 saturated carbocycles. The summed E-state index contributed by atoms with van der Waals surface area (Å²) in [6.07, 6.45) is 5.02. The van der Waals surface area contributed by atoms with E-state index in [1.54, 1.807) is 0 Å². The second-order valence-corrected chi connectivity index (χ2v) is 6.89. The lowest BCUT2D eigenvalue weighted by Crippen LogP contribution is -2.42. The molecule has 3 N–H and O–H groups in total. The summed E-state index contributed by atoms with van der Waals surface area (Å²) in [5.41, 5.74) is 4.43. The lowest BCUT2D eigenvalue weighted by Gasteiger charge is -2.36. The van der Waals surface area contributed by atoms with Crippen LogP contribution in [0.4, 0.5) is 0 Å². The van der Waals surface area contributed by atoms with Crippen molar-refractivity contribution in [3.05, 3.63) is 35.2 Å². The zero-order chi connectivity index (χ0) is 14.7. The van der Waals surface area contributed by atoms with Crippen LogP contribution in [-0.4, -0.2) is 18.8 Å². The molecule has 0 radical (unpaired) electrons. The third-order valence-electron chi connectivity index (χ3n) is 4.48. The summed E-state index contributed by atoms with van der Waals surface area (Å²) in [4.78, 5) is 0. The predicted molar refractivity (Wildman–Crippen MR) is 89.4 cm³/mol. The molecular formula is C17H24N2OS. The van der Waals surface area contributed by atoms with Crippen molar-refractivity contribution in [2.24, 2.45) is 11.8 Å². The zero-order valence-corrected chi connectivity index (χ0v) is 13.4. The van der Waals surface area contributed by atoms with Crippen LogP contribution in [0.2, 0.25) is 0 Å². The smallest absolute Gasteiger partial charge is 0.0580 e. The number of thiophene rings is 1. The van der Waals surface area contributed by atoms with Gasteiger partial charge in [-0.3, -0.25) is 11.3 Å². The lowest BCUT2D eigenvalue weighted by molar-refractivity contribution is -0.0290. The van der Waals surface area contributed by atoms with E-state index in [2.05, 4.69) is 42.0 Å². The first kappa shape index (κ1) is 15.0. The number of nitrogens with one attached hydrogen (secondary N) is 1. The molecule has 1 fully saturated rings. The molecule has 3 rings (SSSR count). The summed E-state index contributed by atoms with van der Waals surface area (Å²) in [6, 6.07) is 8.97. The van der Waals surface area contributed by atoms with E-state index in [1.165, 1.54) is 28.5 Å². The van der Waals surface area contributed by atoms with E-state index in [4.69, 9.17) is 10.6 Å². The van der Waals surface area contributed by atoms with E-state index in [9.17, 15) is 0 Å². The Balaban J connectivity index is 1.58. The summed E-state index contributed by atoms with van der Waals surface area (Å²) in [5.74, 6) is 6.53. The van der Waals surface area contributed by atoms with Crippen LogP contribution < -0.4 is 11.3 Å². The highest BCUT2D eigenvalue weighted by molar-refractivity contribution is 7.17. The summed E-state index contributed by atoms with van der Waals surface area (Å²) in [7, 11) is 0. The molecule has 0 bridgehead atoms. The number of nitrogens with two attached hydrogens (primary N) is 1. The van der Waals surface area contributed by atoms with Crippen molar-refractivity contribution in [1.29, 1.82) is 0 Å². The standard InChI is InChI=1S/C17H24N2OS/c1-2-20-15-8-12(9-15)7-14(19-18)10-13-11-21-17-6-4-3-5-16(13)17/h3-6,11-12,14-15,19H,2,7-10,18H2,1H3. The maximum absolute atomic E-state index is 5.78. The van der Waals surface area contributed by atoms with Crippen molar-refractivity contribution < 1.29 is 4.74 Å². The van der Waals surface area contributed by atoms with Crippen LogP contribution in [0.25, 0.3) is 10.1 Å². The van der Waals surface area contributed by atoms with Crippen LogP contribution in [-0.2, 0) is 11.2 Å². The number of hydrogen-bond acceptors (Lipinski definition) is 4. The normalized spacial score (nSPS) is 23.1. The molecule has 1 aliphatic rings. The van der Waals surface area contributed by atoms with Crippen molar-refractivity contribution in [2.75, 3.05) is 6.61 Å². The topological polar surface area (TPSA) is 47.3 Å². The molecular weight excluding hydrogens is 280 g/mol. The third-order valence-corrected chi connectivity index (χ3v) is 5.49. The van der Waals surface area contributed by atoms with Crippen LogP contribution in [0.3, 0.4) is 0 Å². The van der Waals surface area contributed by atoms with Crippen LogP contribution in [0, 0.1) is 5.92 Å². The molecule has 1 aliphatic carbocycles. The van der Waals surface area contributed by atoms with Gasteiger partial charge in [-0.25, -0.2) is 0 Å². The second-order valence-electron chi connectivity index (χ2n) is 5.98. The van der Waals surface area contributed by atoms with Crippen LogP contribution >= 0.6 is 11.3 Å². The highest BCUT2D eigenvalue weighted by Crippen LogP contribution is 2.34. The Kier molecular flexibility index (Phi) is 4.91. The fourth-order valence-electron chi connectivity index (χ4n) is 3.31. The summed E-state index contributed by atoms with van der Waals surface area (Å²) in [5, 5.41) is 3.65. The average Bonchev–Trinajstić information content (AvgIpc) is 2.87. The monoisotopic (exact) mass is 304 g/mol. The quantitative estimate of drug-likeness (QED) is 0.608.